The van der Waals surface area contributed by atoms with Gasteiger partial charge in [0.15, 0.2) is 0 Å². The average Bonchev–Trinajstić information content (AvgIpc) is 2.88. The van der Waals surface area contributed by atoms with E-state index in [1.54, 1.807) is 0 Å². The summed E-state index contributed by atoms with van der Waals surface area (Å²) in [4.78, 5) is 16.9. The molecule has 0 amide bonds. The number of ether oxygens (including phenoxy) is 1. The van der Waals surface area contributed by atoms with Crippen molar-refractivity contribution in [2.45, 2.75) is 19.0 Å². The molecule has 106 valence electrons. The summed E-state index contributed by atoms with van der Waals surface area (Å²) in [5.74, 6) is -0.223. The highest BCUT2D eigenvalue weighted by Crippen LogP contribution is 2.27. The van der Waals surface area contributed by atoms with E-state index in [0.717, 1.165) is 18.5 Å². The van der Waals surface area contributed by atoms with Gasteiger partial charge in [-0.15, -0.1) is 0 Å². The maximum Gasteiger partial charge on any atom is 0.323 e. The molecule has 0 radical (unpaired) electrons. The number of carbonyl (C=O) groups is 1. The zero-order valence-electron chi connectivity index (χ0n) is 11.5. The number of benzene rings is 1. The lowest BCUT2D eigenvalue weighted by Crippen LogP contribution is -2.40. The number of likely N-dealkylation sites (tertiary alicyclic amines) is 1. The number of carbonyl (C=O) groups excluding carboxylic acids is 1. The van der Waals surface area contributed by atoms with Crippen LogP contribution in [0.5, 0.6) is 0 Å². The van der Waals surface area contributed by atoms with Gasteiger partial charge in [-0.1, -0.05) is 35.4 Å². The van der Waals surface area contributed by atoms with E-state index in [4.69, 9.17) is 10.3 Å². The topological polar surface area (TPSA) is 78.3 Å². The minimum Gasteiger partial charge on any atom is -0.468 e. The second-order valence-corrected chi connectivity index (χ2v) is 4.89. The number of azide groups is 1. The van der Waals surface area contributed by atoms with E-state index < -0.39 is 0 Å². The SMILES string of the molecule is COC(=O)[C@H]1[C@@H](CN=[N+]=[N-])CCN1Cc1ccccc1. The van der Waals surface area contributed by atoms with E-state index in [2.05, 4.69) is 14.9 Å². The molecule has 2 rings (SSSR count). The second kappa shape index (κ2) is 6.93. The predicted molar refractivity (Wildman–Crippen MR) is 74.8 cm³/mol. The zero-order chi connectivity index (χ0) is 14.4. The third-order valence-electron chi connectivity index (χ3n) is 3.68. The van der Waals surface area contributed by atoms with Crippen molar-refractivity contribution in [1.82, 2.24) is 4.90 Å². The van der Waals surface area contributed by atoms with E-state index in [1.807, 2.05) is 30.3 Å². The first-order valence-electron chi connectivity index (χ1n) is 6.63. The van der Waals surface area contributed by atoms with Crippen LogP contribution < -0.4 is 0 Å². The Hall–Kier alpha value is -2.04. The Morgan fingerprint density at radius 2 is 2.25 bits per heavy atom. The van der Waals surface area contributed by atoms with Gasteiger partial charge in [-0.3, -0.25) is 9.69 Å². The van der Waals surface area contributed by atoms with Gasteiger partial charge in [0.1, 0.15) is 6.04 Å². The van der Waals surface area contributed by atoms with Crippen LogP contribution in [0.2, 0.25) is 0 Å². The summed E-state index contributed by atoms with van der Waals surface area (Å²) in [5.41, 5.74) is 9.60. The molecule has 1 aliphatic rings. The smallest absolute Gasteiger partial charge is 0.323 e. The molecule has 2 atom stereocenters. The molecule has 0 unspecified atom stereocenters. The summed E-state index contributed by atoms with van der Waals surface area (Å²) in [7, 11) is 1.39. The van der Waals surface area contributed by atoms with Crippen LogP contribution in [0, 0.1) is 5.92 Å². The number of rotatable bonds is 5. The van der Waals surface area contributed by atoms with Crippen LogP contribution in [0.4, 0.5) is 0 Å². The zero-order valence-corrected chi connectivity index (χ0v) is 11.5. The highest BCUT2D eigenvalue weighted by atomic mass is 16.5. The maximum absolute atomic E-state index is 12.0. The Morgan fingerprint density at radius 3 is 2.90 bits per heavy atom. The minimum atomic E-state index is -0.328. The molecular weight excluding hydrogens is 256 g/mol. The number of methoxy groups -OCH3 is 1. The van der Waals surface area contributed by atoms with E-state index in [-0.39, 0.29) is 17.9 Å². The molecule has 0 bridgehead atoms. The van der Waals surface area contributed by atoms with Gasteiger partial charge in [-0.25, -0.2) is 0 Å². The number of hydrogen-bond acceptors (Lipinski definition) is 4. The fourth-order valence-electron chi connectivity index (χ4n) is 2.72. The van der Waals surface area contributed by atoms with Gasteiger partial charge in [-0.05, 0) is 30.0 Å². The Morgan fingerprint density at radius 1 is 1.50 bits per heavy atom. The van der Waals surface area contributed by atoms with Gasteiger partial charge >= 0.3 is 5.97 Å². The highest BCUT2D eigenvalue weighted by molar-refractivity contribution is 5.76. The minimum absolute atomic E-state index is 0.0297. The number of nitrogens with zero attached hydrogens (tertiary/aromatic N) is 4. The van der Waals surface area contributed by atoms with Crippen molar-refractivity contribution in [3.05, 3.63) is 46.3 Å². The van der Waals surface area contributed by atoms with E-state index >= 15 is 0 Å². The molecule has 20 heavy (non-hydrogen) atoms. The van der Waals surface area contributed by atoms with Crippen molar-refractivity contribution < 1.29 is 9.53 Å². The van der Waals surface area contributed by atoms with Gasteiger partial charge in [-0.2, -0.15) is 0 Å². The standard InChI is InChI=1S/C14H18N4O2/c1-20-14(19)13-12(9-16-17-15)7-8-18(13)10-11-5-3-2-4-6-11/h2-6,12-13H,7-10H2,1H3/t12-,13-/m1/s1. The van der Waals surface area contributed by atoms with Crippen LogP contribution in [0.3, 0.4) is 0 Å². The van der Waals surface area contributed by atoms with Gasteiger partial charge in [0.2, 0.25) is 0 Å². The molecule has 0 spiro atoms. The van der Waals surface area contributed by atoms with Crippen molar-refractivity contribution in [3.8, 4) is 0 Å². The number of esters is 1. The lowest BCUT2D eigenvalue weighted by Gasteiger charge is -2.25. The quantitative estimate of drug-likeness (QED) is 0.358. The molecule has 1 heterocycles. The summed E-state index contributed by atoms with van der Waals surface area (Å²) < 4.78 is 4.90. The summed E-state index contributed by atoms with van der Waals surface area (Å²) in [6.45, 7) is 1.84. The van der Waals surface area contributed by atoms with Gasteiger partial charge in [0, 0.05) is 18.0 Å². The summed E-state index contributed by atoms with van der Waals surface area (Å²) in [6.07, 6.45) is 0.839. The van der Waals surface area contributed by atoms with Crippen LogP contribution in [-0.4, -0.2) is 37.1 Å². The maximum atomic E-state index is 12.0. The van der Waals surface area contributed by atoms with E-state index in [1.165, 1.54) is 7.11 Å². The van der Waals surface area contributed by atoms with E-state index in [9.17, 15) is 4.79 Å². The Labute approximate surface area is 118 Å². The molecule has 1 fully saturated rings. The Balaban J connectivity index is 2.11. The second-order valence-electron chi connectivity index (χ2n) is 4.89. The third kappa shape index (κ3) is 3.29. The molecule has 6 nitrogen and oxygen atoms in total. The van der Waals surface area contributed by atoms with Crippen LogP contribution in [-0.2, 0) is 16.1 Å². The summed E-state index contributed by atoms with van der Waals surface area (Å²) in [5, 5.41) is 3.61. The molecule has 1 aromatic rings. The molecule has 6 heteroatoms. The Kier molecular flexibility index (Phi) is 4.98. The van der Waals surface area contributed by atoms with Crippen molar-refractivity contribution in [3.63, 3.8) is 0 Å². The van der Waals surface area contributed by atoms with Gasteiger partial charge in [0.05, 0.1) is 7.11 Å². The molecule has 0 saturated carbocycles. The first kappa shape index (κ1) is 14.4. The fraction of sp³-hybridized carbons (Fsp3) is 0.500. The monoisotopic (exact) mass is 274 g/mol. The molecule has 1 aliphatic heterocycles. The first-order valence-corrected chi connectivity index (χ1v) is 6.63. The van der Waals surface area contributed by atoms with Crippen LogP contribution in [0.1, 0.15) is 12.0 Å². The van der Waals surface area contributed by atoms with Crippen molar-refractivity contribution in [2.75, 3.05) is 20.2 Å². The Bertz CT molecular complexity index is 499. The number of hydrogen-bond donors (Lipinski definition) is 0. The lowest BCUT2D eigenvalue weighted by atomic mass is 10.0. The third-order valence-corrected chi connectivity index (χ3v) is 3.68. The molecular formula is C14H18N4O2. The highest BCUT2D eigenvalue weighted by Gasteiger charge is 2.39. The summed E-state index contributed by atoms with van der Waals surface area (Å²) in [6, 6.07) is 9.68. The van der Waals surface area contributed by atoms with E-state index in [0.29, 0.717) is 13.1 Å². The van der Waals surface area contributed by atoms with Crippen LogP contribution >= 0.6 is 0 Å². The average molecular weight is 274 g/mol. The van der Waals surface area contributed by atoms with Crippen LogP contribution in [0.25, 0.3) is 10.4 Å². The van der Waals surface area contributed by atoms with Gasteiger partial charge < -0.3 is 4.74 Å². The normalized spacial score (nSPS) is 22.2. The fourth-order valence-corrected chi connectivity index (χ4v) is 2.72. The molecule has 1 aromatic carbocycles. The molecule has 0 aliphatic carbocycles. The summed E-state index contributed by atoms with van der Waals surface area (Å²) >= 11 is 0. The van der Waals surface area contributed by atoms with Crippen LogP contribution in [0.15, 0.2) is 35.4 Å². The van der Waals surface area contributed by atoms with Crippen molar-refractivity contribution in [1.29, 1.82) is 0 Å². The lowest BCUT2D eigenvalue weighted by molar-refractivity contribution is -0.147. The molecule has 0 N–H and O–H groups in total. The molecule has 1 saturated heterocycles. The molecule has 0 aromatic heterocycles. The predicted octanol–water partition coefficient (Wildman–Crippen LogP) is 2.36. The van der Waals surface area contributed by atoms with Gasteiger partial charge in [0.25, 0.3) is 0 Å². The largest absolute Gasteiger partial charge is 0.468 e. The van der Waals surface area contributed by atoms with Crippen molar-refractivity contribution in [2.24, 2.45) is 11.0 Å². The first-order chi connectivity index (χ1) is 9.76. The van der Waals surface area contributed by atoms with Crippen molar-refractivity contribution >= 4 is 5.97 Å².